The van der Waals surface area contributed by atoms with Crippen LogP contribution in [0.4, 0.5) is 15.8 Å². The largest absolute Gasteiger partial charge is 0.467 e. The fourth-order valence-corrected chi connectivity index (χ4v) is 2.56. The Kier molecular flexibility index (Phi) is 6.29. The van der Waals surface area contributed by atoms with E-state index in [0.29, 0.717) is 29.2 Å². The molecule has 144 valence electrons. The third kappa shape index (κ3) is 5.34. The topological polar surface area (TPSA) is 83.4 Å². The van der Waals surface area contributed by atoms with Gasteiger partial charge in [-0.05, 0) is 54.6 Å². The van der Waals surface area contributed by atoms with E-state index in [1.807, 2.05) is 0 Å². The van der Waals surface area contributed by atoms with Gasteiger partial charge in [0.15, 0.2) is 0 Å². The van der Waals surface area contributed by atoms with Gasteiger partial charge in [0, 0.05) is 16.9 Å². The van der Waals surface area contributed by atoms with Gasteiger partial charge in [0.1, 0.15) is 11.6 Å². The second-order valence-electron chi connectivity index (χ2n) is 5.87. The van der Waals surface area contributed by atoms with Gasteiger partial charge in [-0.25, -0.2) is 4.39 Å². The summed E-state index contributed by atoms with van der Waals surface area (Å²) in [4.78, 5) is 24.1. The standard InChI is InChI=1S/C20H17ClFN3O3/c21-17-10-15(7-8-18(17)22)25-19(26)12-23-14-5-3-13(4-6-14)20(27)24-11-16-2-1-9-28-16/h1-10,23H,11-12H2,(H,24,27)(H,25,26). The number of furan rings is 1. The molecule has 0 atom stereocenters. The zero-order valence-electron chi connectivity index (χ0n) is 14.7. The predicted octanol–water partition coefficient (Wildman–Crippen LogP) is 4.05. The van der Waals surface area contributed by atoms with E-state index in [0.717, 1.165) is 0 Å². The number of rotatable bonds is 7. The molecule has 1 aromatic heterocycles. The van der Waals surface area contributed by atoms with Crippen LogP contribution in [0.15, 0.2) is 65.3 Å². The SMILES string of the molecule is O=C(CNc1ccc(C(=O)NCc2ccco2)cc1)Nc1ccc(F)c(Cl)c1. The van der Waals surface area contributed by atoms with E-state index in [-0.39, 0.29) is 23.4 Å². The van der Waals surface area contributed by atoms with Gasteiger partial charge in [-0.1, -0.05) is 11.6 Å². The van der Waals surface area contributed by atoms with Crippen LogP contribution >= 0.6 is 11.6 Å². The molecule has 0 fully saturated rings. The molecule has 0 saturated heterocycles. The molecule has 3 aromatic rings. The lowest BCUT2D eigenvalue weighted by Crippen LogP contribution is -2.23. The Hall–Kier alpha value is -3.32. The fourth-order valence-electron chi connectivity index (χ4n) is 2.38. The highest BCUT2D eigenvalue weighted by molar-refractivity contribution is 6.31. The lowest BCUT2D eigenvalue weighted by atomic mass is 10.2. The Morgan fingerprint density at radius 1 is 1.04 bits per heavy atom. The third-order valence-electron chi connectivity index (χ3n) is 3.81. The van der Waals surface area contributed by atoms with E-state index >= 15 is 0 Å². The Morgan fingerprint density at radius 3 is 2.46 bits per heavy atom. The van der Waals surface area contributed by atoms with Crippen LogP contribution in [0.5, 0.6) is 0 Å². The lowest BCUT2D eigenvalue weighted by molar-refractivity contribution is -0.114. The predicted molar refractivity (Wildman–Crippen MR) is 105 cm³/mol. The molecule has 6 nitrogen and oxygen atoms in total. The first-order valence-corrected chi connectivity index (χ1v) is 8.78. The zero-order chi connectivity index (χ0) is 19.9. The molecule has 0 unspecified atom stereocenters. The molecule has 0 spiro atoms. The monoisotopic (exact) mass is 401 g/mol. The maximum absolute atomic E-state index is 13.1. The lowest BCUT2D eigenvalue weighted by Gasteiger charge is -2.09. The van der Waals surface area contributed by atoms with Gasteiger partial charge >= 0.3 is 0 Å². The van der Waals surface area contributed by atoms with Crippen LogP contribution < -0.4 is 16.0 Å². The van der Waals surface area contributed by atoms with Crippen molar-refractivity contribution in [1.82, 2.24) is 5.32 Å². The summed E-state index contributed by atoms with van der Waals surface area (Å²) in [5.74, 6) is -0.428. The van der Waals surface area contributed by atoms with Crippen molar-refractivity contribution < 1.29 is 18.4 Å². The number of nitrogens with one attached hydrogen (secondary N) is 3. The number of anilines is 2. The molecule has 2 aromatic carbocycles. The molecule has 28 heavy (non-hydrogen) atoms. The Balaban J connectivity index is 1.47. The minimum atomic E-state index is -0.550. The molecule has 0 bridgehead atoms. The summed E-state index contributed by atoms with van der Waals surface area (Å²) < 4.78 is 18.3. The smallest absolute Gasteiger partial charge is 0.251 e. The van der Waals surface area contributed by atoms with Gasteiger partial charge in [0.2, 0.25) is 5.91 Å². The van der Waals surface area contributed by atoms with Crippen molar-refractivity contribution in [2.75, 3.05) is 17.2 Å². The van der Waals surface area contributed by atoms with Gasteiger partial charge in [-0.3, -0.25) is 9.59 Å². The van der Waals surface area contributed by atoms with Crippen LogP contribution in [0.2, 0.25) is 5.02 Å². The van der Waals surface area contributed by atoms with Crippen molar-refractivity contribution in [3.8, 4) is 0 Å². The quantitative estimate of drug-likeness (QED) is 0.557. The van der Waals surface area contributed by atoms with Crippen molar-refractivity contribution in [2.45, 2.75) is 6.54 Å². The van der Waals surface area contributed by atoms with Crippen LogP contribution in [-0.2, 0) is 11.3 Å². The molecule has 0 aliphatic heterocycles. The Bertz CT molecular complexity index is 959. The molecule has 8 heteroatoms. The zero-order valence-corrected chi connectivity index (χ0v) is 15.4. The van der Waals surface area contributed by atoms with Gasteiger partial charge in [-0.2, -0.15) is 0 Å². The van der Waals surface area contributed by atoms with E-state index < -0.39 is 5.82 Å². The highest BCUT2D eigenvalue weighted by Gasteiger charge is 2.08. The second-order valence-corrected chi connectivity index (χ2v) is 6.28. The van der Waals surface area contributed by atoms with E-state index in [1.165, 1.54) is 18.2 Å². The summed E-state index contributed by atoms with van der Waals surface area (Å²) >= 11 is 5.68. The highest BCUT2D eigenvalue weighted by atomic mass is 35.5. The summed E-state index contributed by atoms with van der Waals surface area (Å²) in [6.07, 6.45) is 1.54. The van der Waals surface area contributed by atoms with Crippen molar-refractivity contribution in [3.05, 3.63) is 83.0 Å². The number of carbonyl (C=O) groups excluding carboxylic acids is 2. The average Bonchev–Trinajstić information content (AvgIpc) is 3.21. The maximum atomic E-state index is 13.1. The average molecular weight is 402 g/mol. The molecular formula is C20H17ClFN3O3. The van der Waals surface area contributed by atoms with Gasteiger partial charge < -0.3 is 20.4 Å². The molecular weight excluding hydrogens is 385 g/mol. The van der Waals surface area contributed by atoms with Gasteiger partial charge in [-0.15, -0.1) is 0 Å². The summed E-state index contributed by atoms with van der Waals surface area (Å²) in [6, 6.07) is 14.2. The molecule has 0 aliphatic carbocycles. The summed E-state index contributed by atoms with van der Waals surface area (Å²) in [5.41, 5.74) is 1.57. The number of hydrogen-bond donors (Lipinski definition) is 3. The van der Waals surface area contributed by atoms with Gasteiger partial charge in [0.25, 0.3) is 5.91 Å². The Labute approximate surface area is 165 Å². The van der Waals surface area contributed by atoms with Crippen LogP contribution in [0, 0.1) is 5.82 Å². The van der Waals surface area contributed by atoms with Gasteiger partial charge in [0.05, 0.1) is 24.4 Å². The number of amides is 2. The van der Waals surface area contributed by atoms with E-state index in [9.17, 15) is 14.0 Å². The molecule has 0 radical (unpaired) electrons. The second kappa shape index (κ2) is 9.05. The summed E-state index contributed by atoms with van der Waals surface area (Å²) in [6.45, 7) is 0.304. The summed E-state index contributed by atoms with van der Waals surface area (Å²) in [5, 5.41) is 8.25. The minimum absolute atomic E-state index is 0.000960. The number of benzene rings is 2. The van der Waals surface area contributed by atoms with Crippen molar-refractivity contribution in [3.63, 3.8) is 0 Å². The molecule has 0 saturated carbocycles. The van der Waals surface area contributed by atoms with E-state index in [1.54, 1.807) is 42.7 Å². The molecule has 2 amide bonds. The number of halogens is 2. The number of hydrogen-bond acceptors (Lipinski definition) is 4. The first kappa shape index (κ1) is 19.4. The van der Waals surface area contributed by atoms with Crippen LogP contribution in [0.25, 0.3) is 0 Å². The maximum Gasteiger partial charge on any atom is 0.251 e. The molecule has 3 rings (SSSR count). The molecule has 1 heterocycles. The Morgan fingerprint density at radius 2 is 1.79 bits per heavy atom. The van der Waals surface area contributed by atoms with Crippen LogP contribution in [-0.4, -0.2) is 18.4 Å². The van der Waals surface area contributed by atoms with Crippen LogP contribution in [0.3, 0.4) is 0 Å². The van der Waals surface area contributed by atoms with Crippen molar-refractivity contribution in [2.24, 2.45) is 0 Å². The van der Waals surface area contributed by atoms with Crippen molar-refractivity contribution in [1.29, 1.82) is 0 Å². The van der Waals surface area contributed by atoms with E-state index in [2.05, 4.69) is 16.0 Å². The molecule has 0 aliphatic rings. The normalized spacial score (nSPS) is 10.4. The third-order valence-corrected chi connectivity index (χ3v) is 4.10. The first-order chi connectivity index (χ1) is 13.5. The molecule has 3 N–H and O–H groups in total. The minimum Gasteiger partial charge on any atom is -0.467 e. The number of carbonyl (C=O) groups is 2. The summed E-state index contributed by atoms with van der Waals surface area (Å²) in [7, 11) is 0. The van der Waals surface area contributed by atoms with Crippen molar-refractivity contribution >= 4 is 34.8 Å². The van der Waals surface area contributed by atoms with Crippen LogP contribution in [0.1, 0.15) is 16.1 Å². The fraction of sp³-hybridized carbons (Fsp3) is 0.100. The first-order valence-electron chi connectivity index (χ1n) is 8.40. The van der Waals surface area contributed by atoms with E-state index in [4.69, 9.17) is 16.0 Å². The highest BCUT2D eigenvalue weighted by Crippen LogP contribution is 2.19.